The second kappa shape index (κ2) is 7.78. The molecule has 0 aliphatic carbocycles. The molecule has 24 heavy (non-hydrogen) atoms. The third kappa shape index (κ3) is 3.95. The molecule has 0 bridgehead atoms. The Morgan fingerprint density at radius 3 is 2.33 bits per heavy atom. The van der Waals surface area contributed by atoms with Crippen LogP contribution in [0.5, 0.6) is 5.75 Å². The summed E-state index contributed by atoms with van der Waals surface area (Å²) in [6.45, 7) is 2.13. The molecule has 1 unspecified atom stereocenters. The number of hydrogen-bond acceptors (Lipinski definition) is 2. The largest absolute Gasteiger partial charge is 0.497 e. The van der Waals surface area contributed by atoms with E-state index in [1.54, 1.807) is 18.9 Å². The molecule has 0 N–H and O–H groups in total. The zero-order valence-corrected chi connectivity index (χ0v) is 15.3. The first-order valence-corrected chi connectivity index (χ1v) is 9.04. The fourth-order valence-electron chi connectivity index (χ4n) is 2.49. The zero-order chi connectivity index (χ0) is 16.9. The van der Waals surface area contributed by atoms with Gasteiger partial charge >= 0.3 is 0 Å². The quantitative estimate of drug-likeness (QED) is 0.485. The van der Waals surface area contributed by atoms with Crippen LogP contribution in [-0.4, -0.2) is 7.11 Å². The summed E-state index contributed by atoms with van der Waals surface area (Å²) in [4.78, 5) is 2.49. The Morgan fingerprint density at radius 1 is 0.875 bits per heavy atom. The molecule has 122 valence electrons. The van der Waals surface area contributed by atoms with E-state index in [2.05, 4.69) is 55.5 Å². The van der Waals surface area contributed by atoms with Crippen molar-refractivity contribution in [3.05, 3.63) is 89.5 Å². The lowest BCUT2D eigenvalue weighted by atomic mass is 10.0. The predicted molar refractivity (Wildman–Crippen MR) is 102 cm³/mol. The number of rotatable bonds is 5. The molecule has 0 heterocycles. The van der Waals surface area contributed by atoms with Crippen LogP contribution in [0.15, 0.2) is 82.6 Å². The van der Waals surface area contributed by atoms with E-state index in [0.717, 1.165) is 16.9 Å². The van der Waals surface area contributed by atoms with Crippen molar-refractivity contribution in [1.29, 1.82) is 0 Å². The minimum Gasteiger partial charge on any atom is -0.497 e. The molecular weight excluding hydrogens is 336 g/mol. The minimum atomic E-state index is -0.183. The number of ether oxygens (including phenoxy) is 1. The summed E-state index contributed by atoms with van der Waals surface area (Å²) < 4.78 is 5.28. The highest BCUT2D eigenvalue weighted by Gasteiger charge is 2.12. The van der Waals surface area contributed by atoms with Gasteiger partial charge in [0.05, 0.1) is 12.5 Å². The molecule has 1 atom stereocenters. The third-order valence-corrected chi connectivity index (χ3v) is 5.57. The highest BCUT2D eigenvalue weighted by Crippen LogP contribution is 2.34. The summed E-state index contributed by atoms with van der Waals surface area (Å²) in [6, 6.07) is 24.8. The molecule has 0 amide bonds. The Morgan fingerprint density at radius 2 is 1.62 bits per heavy atom. The van der Waals surface area contributed by atoms with Crippen LogP contribution in [0.4, 0.5) is 0 Å². The normalized spacial score (nSPS) is 12.0. The summed E-state index contributed by atoms with van der Waals surface area (Å²) >= 11 is 8.41. The van der Waals surface area contributed by atoms with Gasteiger partial charge in [-0.1, -0.05) is 54.2 Å². The molecular formula is C21H19ClOS. The van der Waals surface area contributed by atoms with Crippen LogP contribution in [0, 0.1) is 6.92 Å². The lowest BCUT2D eigenvalue weighted by Gasteiger charge is -2.12. The minimum absolute atomic E-state index is 0.183. The van der Waals surface area contributed by atoms with E-state index in [4.69, 9.17) is 16.3 Å². The van der Waals surface area contributed by atoms with Gasteiger partial charge in [0.2, 0.25) is 0 Å². The fraction of sp³-hybridized carbons (Fsp3) is 0.143. The Balaban J connectivity index is 1.77. The molecule has 0 saturated heterocycles. The lowest BCUT2D eigenvalue weighted by Crippen LogP contribution is -1.94. The molecule has 0 radical (unpaired) electrons. The van der Waals surface area contributed by atoms with Gasteiger partial charge in [0.15, 0.2) is 0 Å². The van der Waals surface area contributed by atoms with Crippen molar-refractivity contribution < 1.29 is 4.74 Å². The van der Waals surface area contributed by atoms with Gasteiger partial charge in [0, 0.05) is 9.79 Å². The van der Waals surface area contributed by atoms with E-state index in [1.165, 1.54) is 15.4 Å². The number of methoxy groups -OCH3 is 1. The monoisotopic (exact) mass is 354 g/mol. The first-order chi connectivity index (χ1) is 11.7. The van der Waals surface area contributed by atoms with Crippen LogP contribution in [0.1, 0.15) is 22.1 Å². The van der Waals surface area contributed by atoms with Gasteiger partial charge in [-0.25, -0.2) is 0 Å². The Hall–Kier alpha value is -1.90. The molecule has 0 fully saturated rings. The Bertz CT molecular complexity index is 814. The summed E-state index contributed by atoms with van der Waals surface area (Å²) in [5, 5.41) is -0.183. The predicted octanol–water partition coefficient (Wildman–Crippen LogP) is 6.48. The van der Waals surface area contributed by atoms with Gasteiger partial charge < -0.3 is 4.74 Å². The maximum absolute atomic E-state index is 6.64. The summed E-state index contributed by atoms with van der Waals surface area (Å²) in [5.41, 5.74) is 3.41. The van der Waals surface area contributed by atoms with E-state index in [-0.39, 0.29) is 5.38 Å². The van der Waals surface area contributed by atoms with E-state index in [9.17, 15) is 0 Å². The van der Waals surface area contributed by atoms with Crippen molar-refractivity contribution in [3.63, 3.8) is 0 Å². The number of benzene rings is 3. The van der Waals surface area contributed by atoms with Gasteiger partial charge in [0.1, 0.15) is 5.75 Å². The van der Waals surface area contributed by atoms with Crippen LogP contribution in [0.25, 0.3) is 0 Å². The average molecular weight is 355 g/mol. The van der Waals surface area contributed by atoms with E-state index >= 15 is 0 Å². The SMILES string of the molecule is COc1cccc(C(Cl)c2ccc(Sc3ccccc3C)cc2)c1. The molecule has 3 aromatic carbocycles. The van der Waals surface area contributed by atoms with E-state index < -0.39 is 0 Å². The maximum Gasteiger partial charge on any atom is 0.119 e. The fourth-order valence-corrected chi connectivity index (χ4v) is 3.68. The Kier molecular flexibility index (Phi) is 5.49. The van der Waals surface area contributed by atoms with Crippen molar-refractivity contribution in [3.8, 4) is 5.75 Å². The van der Waals surface area contributed by atoms with Crippen molar-refractivity contribution >= 4 is 23.4 Å². The van der Waals surface area contributed by atoms with Crippen LogP contribution < -0.4 is 4.74 Å². The summed E-state index contributed by atoms with van der Waals surface area (Å²) in [5.74, 6) is 0.824. The zero-order valence-electron chi connectivity index (χ0n) is 13.7. The summed E-state index contributed by atoms with van der Waals surface area (Å²) in [7, 11) is 1.67. The molecule has 3 rings (SSSR count). The first kappa shape index (κ1) is 16.9. The molecule has 3 heteroatoms. The number of aryl methyl sites for hydroxylation is 1. The molecule has 3 aromatic rings. The second-order valence-corrected chi connectivity index (χ2v) is 7.13. The first-order valence-electron chi connectivity index (χ1n) is 7.79. The highest BCUT2D eigenvalue weighted by atomic mass is 35.5. The maximum atomic E-state index is 6.64. The summed E-state index contributed by atoms with van der Waals surface area (Å²) in [6.07, 6.45) is 0. The number of alkyl halides is 1. The van der Waals surface area contributed by atoms with Crippen molar-refractivity contribution in [2.24, 2.45) is 0 Å². The molecule has 0 aliphatic heterocycles. The molecule has 0 aromatic heterocycles. The van der Waals surface area contributed by atoms with Gasteiger partial charge in [-0.2, -0.15) is 0 Å². The number of hydrogen-bond donors (Lipinski definition) is 0. The van der Waals surface area contributed by atoms with E-state index in [0.29, 0.717) is 0 Å². The highest BCUT2D eigenvalue weighted by molar-refractivity contribution is 7.99. The second-order valence-electron chi connectivity index (χ2n) is 5.58. The molecule has 0 aliphatic rings. The van der Waals surface area contributed by atoms with Crippen molar-refractivity contribution in [2.75, 3.05) is 7.11 Å². The van der Waals surface area contributed by atoms with Gasteiger partial charge in [0.25, 0.3) is 0 Å². The Labute approximate surface area is 152 Å². The standard InChI is InChI=1S/C21H19ClOS/c1-15-6-3-4-9-20(15)24-19-12-10-16(11-13-19)21(22)17-7-5-8-18(14-17)23-2/h3-14,21H,1-2H3. The molecule has 0 saturated carbocycles. The van der Waals surface area contributed by atoms with Crippen LogP contribution in [-0.2, 0) is 0 Å². The average Bonchev–Trinajstić information content (AvgIpc) is 2.64. The smallest absolute Gasteiger partial charge is 0.119 e. The van der Waals surface area contributed by atoms with E-state index in [1.807, 2.05) is 24.3 Å². The van der Waals surface area contributed by atoms with Gasteiger partial charge in [-0.15, -0.1) is 11.6 Å². The van der Waals surface area contributed by atoms with Crippen LogP contribution in [0.2, 0.25) is 0 Å². The van der Waals surface area contributed by atoms with Crippen molar-refractivity contribution in [1.82, 2.24) is 0 Å². The lowest BCUT2D eigenvalue weighted by molar-refractivity contribution is 0.414. The van der Waals surface area contributed by atoms with Crippen molar-refractivity contribution in [2.45, 2.75) is 22.1 Å². The topological polar surface area (TPSA) is 9.23 Å². The van der Waals surface area contributed by atoms with Gasteiger partial charge in [-0.3, -0.25) is 0 Å². The van der Waals surface area contributed by atoms with Gasteiger partial charge in [-0.05, 0) is 53.9 Å². The van der Waals surface area contributed by atoms with Crippen LogP contribution in [0.3, 0.4) is 0 Å². The molecule has 1 nitrogen and oxygen atoms in total. The molecule has 0 spiro atoms. The van der Waals surface area contributed by atoms with Crippen LogP contribution >= 0.6 is 23.4 Å². The third-order valence-electron chi connectivity index (χ3n) is 3.88. The number of halogens is 1.